The van der Waals surface area contributed by atoms with Crippen molar-refractivity contribution in [2.24, 2.45) is 4.99 Å². The second-order valence-electron chi connectivity index (χ2n) is 4.01. The van der Waals surface area contributed by atoms with Gasteiger partial charge >= 0.3 is 0 Å². The molecule has 0 aliphatic carbocycles. The number of aryl methyl sites for hydroxylation is 1. The zero-order valence-corrected chi connectivity index (χ0v) is 9.17. The Hall–Kier alpha value is -1.97. The molecule has 3 N–H and O–H groups in total. The molecule has 4 nitrogen and oxygen atoms in total. The number of H-pyrrole nitrogens is 1. The van der Waals surface area contributed by atoms with E-state index in [2.05, 4.69) is 45.7 Å². The van der Waals surface area contributed by atoms with Gasteiger partial charge in [0.25, 0.3) is 0 Å². The van der Waals surface area contributed by atoms with Crippen LogP contribution in [0.4, 0.5) is 5.69 Å². The van der Waals surface area contributed by atoms with E-state index in [1.165, 1.54) is 10.9 Å². The molecule has 1 aromatic heterocycles. The Bertz CT molecular complexity index is 553. The van der Waals surface area contributed by atoms with Crippen LogP contribution in [0, 0.1) is 6.92 Å². The molecule has 1 aliphatic rings. The molecule has 0 saturated heterocycles. The van der Waals surface area contributed by atoms with Gasteiger partial charge in [-0.1, -0.05) is 6.07 Å². The van der Waals surface area contributed by atoms with Gasteiger partial charge < -0.3 is 15.6 Å². The predicted molar refractivity (Wildman–Crippen MR) is 67.0 cm³/mol. The van der Waals surface area contributed by atoms with Crippen molar-refractivity contribution in [2.75, 3.05) is 18.4 Å². The van der Waals surface area contributed by atoms with Gasteiger partial charge in [0.05, 0.1) is 6.54 Å². The first-order chi connectivity index (χ1) is 7.83. The van der Waals surface area contributed by atoms with Gasteiger partial charge in [-0.25, -0.2) is 0 Å². The maximum absolute atomic E-state index is 4.30. The van der Waals surface area contributed by atoms with Crippen LogP contribution in [0.25, 0.3) is 10.9 Å². The summed E-state index contributed by atoms with van der Waals surface area (Å²) in [5.41, 5.74) is 3.49. The second-order valence-corrected chi connectivity index (χ2v) is 4.01. The molecule has 2 heterocycles. The standard InChI is InChI=1S/C12H14N4/c1-8-7-15-11-6-9(2-3-10(8)11)16-12-13-4-5-14-12/h2-3,6-7,15H,4-5H2,1H3,(H2,13,14,16). The third kappa shape index (κ3) is 1.52. The molecule has 0 amide bonds. The van der Waals surface area contributed by atoms with Gasteiger partial charge in [0.2, 0.25) is 0 Å². The molecule has 0 unspecified atom stereocenters. The molecule has 0 atom stereocenters. The zero-order chi connectivity index (χ0) is 11.0. The van der Waals surface area contributed by atoms with Crippen molar-refractivity contribution in [2.45, 2.75) is 6.92 Å². The molecule has 82 valence electrons. The van der Waals surface area contributed by atoms with Crippen LogP contribution in [0.5, 0.6) is 0 Å². The summed E-state index contributed by atoms with van der Waals surface area (Å²) in [7, 11) is 0. The van der Waals surface area contributed by atoms with Crippen molar-refractivity contribution in [1.29, 1.82) is 0 Å². The number of aliphatic imine (C=N–C) groups is 1. The number of fused-ring (bicyclic) bond motifs is 1. The molecule has 16 heavy (non-hydrogen) atoms. The van der Waals surface area contributed by atoms with Crippen LogP contribution in [-0.4, -0.2) is 24.0 Å². The maximum Gasteiger partial charge on any atom is 0.195 e. The summed E-state index contributed by atoms with van der Waals surface area (Å²) >= 11 is 0. The van der Waals surface area contributed by atoms with Crippen LogP contribution < -0.4 is 10.6 Å². The highest BCUT2D eigenvalue weighted by Crippen LogP contribution is 2.21. The van der Waals surface area contributed by atoms with E-state index in [0.29, 0.717) is 0 Å². The Morgan fingerprint density at radius 1 is 1.38 bits per heavy atom. The average Bonchev–Trinajstić information content (AvgIpc) is 2.90. The summed E-state index contributed by atoms with van der Waals surface area (Å²) < 4.78 is 0. The van der Waals surface area contributed by atoms with Gasteiger partial charge in [-0.3, -0.25) is 4.99 Å². The van der Waals surface area contributed by atoms with E-state index in [1.807, 2.05) is 6.20 Å². The SMILES string of the molecule is Cc1c[nH]c2cc(NC3=NCCN3)ccc12. The normalized spacial score (nSPS) is 14.9. The number of guanidine groups is 1. The predicted octanol–water partition coefficient (Wildman–Crippen LogP) is 1.85. The van der Waals surface area contributed by atoms with E-state index in [0.717, 1.165) is 30.3 Å². The number of hydrogen-bond donors (Lipinski definition) is 3. The molecular formula is C12H14N4. The van der Waals surface area contributed by atoms with E-state index in [-0.39, 0.29) is 0 Å². The van der Waals surface area contributed by atoms with Gasteiger partial charge in [0, 0.05) is 29.3 Å². The summed E-state index contributed by atoms with van der Waals surface area (Å²) in [5, 5.41) is 7.72. The van der Waals surface area contributed by atoms with E-state index in [9.17, 15) is 0 Å². The summed E-state index contributed by atoms with van der Waals surface area (Å²) in [6, 6.07) is 6.30. The third-order valence-corrected chi connectivity index (χ3v) is 2.83. The van der Waals surface area contributed by atoms with Gasteiger partial charge in [-0.2, -0.15) is 0 Å². The van der Waals surface area contributed by atoms with E-state index in [1.54, 1.807) is 0 Å². The van der Waals surface area contributed by atoms with Crippen LogP contribution in [0.1, 0.15) is 5.56 Å². The van der Waals surface area contributed by atoms with E-state index >= 15 is 0 Å². The Morgan fingerprint density at radius 2 is 2.31 bits per heavy atom. The van der Waals surface area contributed by atoms with Crippen LogP contribution in [-0.2, 0) is 0 Å². The van der Waals surface area contributed by atoms with Gasteiger partial charge in [0.15, 0.2) is 5.96 Å². The summed E-state index contributed by atoms with van der Waals surface area (Å²) in [5.74, 6) is 0.864. The first-order valence-electron chi connectivity index (χ1n) is 5.46. The van der Waals surface area contributed by atoms with Crippen LogP contribution >= 0.6 is 0 Å². The lowest BCUT2D eigenvalue weighted by Gasteiger charge is -2.06. The minimum Gasteiger partial charge on any atom is -0.361 e. The topological polar surface area (TPSA) is 52.2 Å². The van der Waals surface area contributed by atoms with Crippen LogP contribution in [0.3, 0.4) is 0 Å². The lowest BCUT2D eigenvalue weighted by molar-refractivity contribution is 0.959. The van der Waals surface area contributed by atoms with Crippen molar-refractivity contribution >= 4 is 22.5 Å². The van der Waals surface area contributed by atoms with Gasteiger partial charge in [-0.05, 0) is 24.6 Å². The Labute approximate surface area is 93.8 Å². The fourth-order valence-electron chi connectivity index (χ4n) is 1.97. The van der Waals surface area contributed by atoms with Crippen molar-refractivity contribution in [3.8, 4) is 0 Å². The largest absolute Gasteiger partial charge is 0.361 e. The first kappa shape index (κ1) is 9.27. The molecule has 0 spiro atoms. The highest BCUT2D eigenvalue weighted by atomic mass is 15.2. The Kier molecular flexibility index (Phi) is 2.06. The Morgan fingerprint density at radius 3 is 3.12 bits per heavy atom. The number of aromatic amines is 1. The van der Waals surface area contributed by atoms with Gasteiger partial charge in [0.1, 0.15) is 0 Å². The van der Waals surface area contributed by atoms with Crippen molar-refractivity contribution in [3.63, 3.8) is 0 Å². The van der Waals surface area contributed by atoms with Crippen molar-refractivity contribution in [1.82, 2.24) is 10.3 Å². The quantitative estimate of drug-likeness (QED) is 0.678. The molecule has 0 saturated carbocycles. The smallest absolute Gasteiger partial charge is 0.195 e. The summed E-state index contributed by atoms with van der Waals surface area (Å²) in [4.78, 5) is 7.55. The van der Waals surface area contributed by atoms with E-state index < -0.39 is 0 Å². The number of anilines is 1. The van der Waals surface area contributed by atoms with Crippen molar-refractivity contribution < 1.29 is 0 Å². The average molecular weight is 214 g/mol. The number of benzene rings is 1. The summed E-state index contributed by atoms with van der Waals surface area (Å²) in [6.45, 7) is 3.88. The first-order valence-corrected chi connectivity index (χ1v) is 5.46. The second kappa shape index (κ2) is 3.56. The molecule has 0 fully saturated rings. The fourth-order valence-corrected chi connectivity index (χ4v) is 1.97. The molecule has 4 heteroatoms. The molecule has 0 radical (unpaired) electrons. The molecule has 2 aromatic rings. The Balaban J connectivity index is 1.92. The molecule has 1 aliphatic heterocycles. The minimum atomic E-state index is 0.853. The molecular weight excluding hydrogens is 200 g/mol. The number of hydrogen-bond acceptors (Lipinski definition) is 3. The highest BCUT2D eigenvalue weighted by molar-refractivity contribution is 5.97. The summed E-state index contributed by atoms with van der Waals surface area (Å²) in [6.07, 6.45) is 2.03. The number of nitrogens with one attached hydrogen (secondary N) is 3. The molecule has 0 bridgehead atoms. The number of nitrogens with zero attached hydrogens (tertiary/aromatic N) is 1. The van der Waals surface area contributed by atoms with E-state index in [4.69, 9.17) is 0 Å². The molecule has 3 rings (SSSR count). The van der Waals surface area contributed by atoms with Crippen molar-refractivity contribution in [3.05, 3.63) is 30.0 Å². The maximum atomic E-state index is 4.30. The zero-order valence-electron chi connectivity index (χ0n) is 9.17. The fraction of sp³-hybridized carbons (Fsp3) is 0.250. The highest BCUT2D eigenvalue weighted by Gasteiger charge is 2.06. The molecule has 1 aromatic carbocycles. The number of aromatic nitrogens is 1. The minimum absolute atomic E-state index is 0.853. The van der Waals surface area contributed by atoms with Crippen LogP contribution in [0.15, 0.2) is 29.4 Å². The number of rotatable bonds is 1. The lowest BCUT2D eigenvalue weighted by Crippen LogP contribution is -2.26. The van der Waals surface area contributed by atoms with Crippen LogP contribution in [0.2, 0.25) is 0 Å². The van der Waals surface area contributed by atoms with Gasteiger partial charge in [-0.15, -0.1) is 0 Å². The third-order valence-electron chi connectivity index (χ3n) is 2.83. The monoisotopic (exact) mass is 214 g/mol. The lowest BCUT2D eigenvalue weighted by atomic mass is 10.2.